The van der Waals surface area contributed by atoms with Crippen molar-refractivity contribution in [2.45, 2.75) is 19.8 Å². The van der Waals surface area contributed by atoms with Crippen LogP contribution in [-0.4, -0.2) is 11.2 Å². The zero-order valence-electron chi connectivity index (χ0n) is 12.2. The first-order chi connectivity index (χ1) is 11.2. The van der Waals surface area contributed by atoms with Crippen molar-refractivity contribution >= 4 is 34.8 Å². The minimum atomic E-state index is -4.76. The number of alkyl halides is 3. The van der Waals surface area contributed by atoms with Gasteiger partial charge in [0.2, 0.25) is 0 Å². The summed E-state index contributed by atoms with van der Waals surface area (Å²) in [5.41, 5.74) is -1.28. The van der Waals surface area contributed by atoms with E-state index in [1.165, 1.54) is 18.2 Å². The highest BCUT2D eigenvalue weighted by Gasteiger charge is 2.41. The smallest absolute Gasteiger partial charge is 0.361 e. The van der Waals surface area contributed by atoms with Gasteiger partial charge in [-0.15, -0.1) is 0 Å². The number of hydrogen-bond acceptors (Lipinski definition) is 2. The molecule has 2 aromatic rings. The van der Waals surface area contributed by atoms with Crippen molar-refractivity contribution in [3.05, 3.63) is 44.5 Å². The van der Waals surface area contributed by atoms with Gasteiger partial charge in [-0.25, -0.2) is 0 Å². The lowest BCUT2D eigenvalue weighted by Gasteiger charge is -2.15. The van der Waals surface area contributed by atoms with Crippen LogP contribution in [0.5, 0.6) is 0 Å². The largest absolute Gasteiger partial charge is 0.433 e. The molecule has 128 valence electrons. The lowest BCUT2D eigenvalue weighted by atomic mass is 10.1. The first-order valence-electron chi connectivity index (χ1n) is 6.64. The Morgan fingerprint density at radius 3 is 2.21 bits per heavy atom. The van der Waals surface area contributed by atoms with E-state index in [2.05, 4.69) is 0 Å². The predicted molar refractivity (Wildman–Crippen MR) is 86.2 cm³/mol. The van der Waals surface area contributed by atoms with Gasteiger partial charge in [-0.2, -0.15) is 18.4 Å². The quantitative estimate of drug-likeness (QED) is 0.634. The Balaban J connectivity index is 2.84. The van der Waals surface area contributed by atoms with E-state index in [1.807, 2.05) is 0 Å². The van der Waals surface area contributed by atoms with Crippen molar-refractivity contribution in [1.82, 2.24) is 4.57 Å². The first kappa shape index (κ1) is 18.9. The van der Waals surface area contributed by atoms with Gasteiger partial charge in [0.25, 0.3) is 0 Å². The molecule has 0 saturated carbocycles. The van der Waals surface area contributed by atoms with Crippen molar-refractivity contribution in [2.75, 3.05) is 6.61 Å². The molecule has 1 aromatic carbocycles. The fraction of sp³-hybridized carbons (Fsp3) is 0.267. The van der Waals surface area contributed by atoms with Crippen LogP contribution in [0.15, 0.2) is 18.2 Å². The van der Waals surface area contributed by atoms with Gasteiger partial charge >= 0.3 is 6.18 Å². The summed E-state index contributed by atoms with van der Waals surface area (Å²) in [4.78, 5) is 0. The molecule has 0 aliphatic carbocycles. The molecule has 0 aliphatic heterocycles. The van der Waals surface area contributed by atoms with Crippen molar-refractivity contribution in [3.8, 4) is 17.3 Å². The lowest BCUT2D eigenvalue weighted by molar-refractivity contribution is -0.145. The van der Waals surface area contributed by atoms with E-state index in [4.69, 9.17) is 39.5 Å². The zero-order chi connectivity index (χ0) is 18.1. The second kappa shape index (κ2) is 7.24. The fourth-order valence-corrected chi connectivity index (χ4v) is 3.14. The number of rotatable bonds is 4. The SMILES string of the molecule is CCOCn1c(-c2cc(Cl)cc(Cl)c2)c(C#N)c(Cl)c1C(F)(F)F. The minimum Gasteiger partial charge on any atom is -0.361 e. The monoisotopic (exact) mass is 396 g/mol. The maximum absolute atomic E-state index is 13.4. The van der Waals surface area contributed by atoms with Gasteiger partial charge in [0.1, 0.15) is 18.5 Å². The van der Waals surface area contributed by atoms with Crippen LogP contribution >= 0.6 is 34.8 Å². The summed E-state index contributed by atoms with van der Waals surface area (Å²) >= 11 is 17.7. The normalized spacial score (nSPS) is 11.6. The van der Waals surface area contributed by atoms with Gasteiger partial charge < -0.3 is 9.30 Å². The van der Waals surface area contributed by atoms with Crippen molar-refractivity contribution in [3.63, 3.8) is 0 Å². The number of hydrogen-bond donors (Lipinski definition) is 0. The van der Waals surface area contributed by atoms with Crippen LogP contribution in [0, 0.1) is 11.3 Å². The average Bonchev–Trinajstić information content (AvgIpc) is 2.75. The Morgan fingerprint density at radius 1 is 1.17 bits per heavy atom. The highest BCUT2D eigenvalue weighted by atomic mass is 35.5. The molecular formula is C15H10Cl3F3N2O. The zero-order valence-corrected chi connectivity index (χ0v) is 14.5. The van der Waals surface area contributed by atoms with E-state index in [1.54, 1.807) is 13.0 Å². The van der Waals surface area contributed by atoms with E-state index in [9.17, 15) is 18.4 Å². The second-order valence-corrected chi connectivity index (χ2v) is 5.95. The summed E-state index contributed by atoms with van der Waals surface area (Å²) in [5, 5.41) is 9.06. The molecule has 1 aromatic heterocycles. The lowest BCUT2D eigenvalue weighted by Crippen LogP contribution is -2.16. The average molecular weight is 398 g/mol. The number of nitrogens with zero attached hydrogens (tertiary/aromatic N) is 2. The topological polar surface area (TPSA) is 38.0 Å². The van der Waals surface area contributed by atoms with E-state index in [-0.39, 0.29) is 33.5 Å². The van der Waals surface area contributed by atoms with E-state index >= 15 is 0 Å². The highest BCUT2D eigenvalue weighted by Crippen LogP contribution is 2.43. The summed E-state index contributed by atoms with van der Waals surface area (Å²) in [6.45, 7) is 1.40. The van der Waals surface area contributed by atoms with E-state index in [0.717, 1.165) is 4.57 Å². The number of nitriles is 1. The van der Waals surface area contributed by atoms with Gasteiger partial charge in [0.15, 0.2) is 0 Å². The van der Waals surface area contributed by atoms with Gasteiger partial charge in [-0.05, 0) is 25.1 Å². The maximum atomic E-state index is 13.4. The molecule has 2 rings (SSSR count). The molecule has 3 nitrogen and oxygen atoms in total. The summed E-state index contributed by atoms with van der Waals surface area (Å²) in [5.74, 6) is 0. The molecule has 0 bridgehead atoms. The fourth-order valence-electron chi connectivity index (χ4n) is 2.27. The Kier molecular flexibility index (Phi) is 5.71. The molecule has 0 atom stereocenters. The third-order valence-electron chi connectivity index (χ3n) is 3.14. The summed E-state index contributed by atoms with van der Waals surface area (Å²) in [6, 6.07) is 5.96. The first-order valence-corrected chi connectivity index (χ1v) is 7.77. The van der Waals surface area contributed by atoms with Crippen LogP contribution in [0.4, 0.5) is 13.2 Å². The minimum absolute atomic E-state index is 0.0484. The van der Waals surface area contributed by atoms with Crippen LogP contribution in [-0.2, 0) is 17.6 Å². The number of ether oxygens (including phenoxy) is 1. The maximum Gasteiger partial charge on any atom is 0.433 e. The molecule has 0 aliphatic rings. The summed E-state index contributed by atoms with van der Waals surface area (Å²) in [7, 11) is 0. The summed E-state index contributed by atoms with van der Waals surface area (Å²) in [6.07, 6.45) is -4.76. The standard InChI is InChI=1S/C15H10Cl3F3N2O/c1-2-24-7-23-13(8-3-9(16)5-10(17)4-8)11(6-22)12(18)14(23)15(19,20)21/h3-5H,2,7H2,1H3. The van der Waals surface area contributed by atoms with E-state index < -0.39 is 23.6 Å². The van der Waals surface area contributed by atoms with Gasteiger partial charge in [0.05, 0.1) is 16.3 Å². The molecule has 0 fully saturated rings. The summed E-state index contributed by atoms with van der Waals surface area (Å²) < 4.78 is 46.2. The Labute approximate surface area is 151 Å². The Bertz CT molecular complexity index is 790. The molecular weight excluding hydrogens is 388 g/mol. The number of benzene rings is 1. The van der Waals surface area contributed by atoms with Crippen molar-refractivity contribution < 1.29 is 17.9 Å². The van der Waals surface area contributed by atoms with Gasteiger partial charge in [0, 0.05) is 22.2 Å². The molecule has 0 radical (unpaired) electrons. The van der Waals surface area contributed by atoms with Crippen LogP contribution < -0.4 is 0 Å². The van der Waals surface area contributed by atoms with Gasteiger partial charge in [-0.3, -0.25) is 0 Å². The molecule has 0 N–H and O–H groups in total. The third kappa shape index (κ3) is 3.65. The van der Waals surface area contributed by atoms with Crippen LogP contribution in [0.25, 0.3) is 11.3 Å². The Morgan fingerprint density at radius 2 is 1.75 bits per heavy atom. The molecule has 0 saturated heterocycles. The predicted octanol–water partition coefficient (Wildman–Crippen LogP) is 6.00. The third-order valence-corrected chi connectivity index (χ3v) is 3.95. The van der Waals surface area contributed by atoms with Crippen LogP contribution in [0.3, 0.4) is 0 Å². The van der Waals surface area contributed by atoms with E-state index in [0.29, 0.717) is 0 Å². The van der Waals surface area contributed by atoms with Crippen LogP contribution in [0.1, 0.15) is 18.2 Å². The second-order valence-electron chi connectivity index (χ2n) is 4.70. The molecule has 0 spiro atoms. The number of aromatic nitrogens is 1. The molecule has 9 heteroatoms. The van der Waals surface area contributed by atoms with Crippen LogP contribution in [0.2, 0.25) is 15.1 Å². The molecule has 0 amide bonds. The Hall–Kier alpha value is -1.39. The molecule has 0 unspecified atom stereocenters. The van der Waals surface area contributed by atoms with Crippen molar-refractivity contribution in [2.24, 2.45) is 0 Å². The number of halogens is 6. The van der Waals surface area contributed by atoms with Crippen molar-refractivity contribution in [1.29, 1.82) is 5.26 Å². The highest BCUT2D eigenvalue weighted by molar-refractivity contribution is 6.35. The molecule has 24 heavy (non-hydrogen) atoms. The van der Waals surface area contributed by atoms with Gasteiger partial charge in [-0.1, -0.05) is 34.8 Å². The molecule has 1 heterocycles.